The number of phenols is 1. The molecule has 5 nitrogen and oxygen atoms in total. The van der Waals surface area contributed by atoms with Crippen molar-refractivity contribution in [2.24, 2.45) is 5.92 Å². The zero-order valence-electron chi connectivity index (χ0n) is 22.9. The standard InChI is InChI=1S/C33H44N2O3/c1-34(19-8-3-2-5-9-23-10-6-4-7-11-23)26-16-17-33(37)28-21-25-14-15-27(36)30-29(25)32(33,31(26)38-30)18-20-35(28)22-24-12-13-24/h4,6-7,10-11,14-15,24,26,28,31,36-37H,2-3,5,8-9,12-13,16-22H2,1H3/t26-,28-,31+,32+,33-/m1/s1. The fourth-order valence-corrected chi connectivity index (χ4v) is 8.76. The first-order chi connectivity index (χ1) is 18.5. The van der Waals surface area contributed by atoms with Crippen molar-refractivity contribution in [1.82, 2.24) is 9.80 Å². The average molecular weight is 517 g/mol. The Morgan fingerprint density at radius 3 is 2.63 bits per heavy atom. The first-order valence-electron chi connectivity index (χ1n) is 15.2. The molecule has 2 aromatic rings. The first kappa shape index (κ1) is 24.9. The molecule has 2 heterocycles. The molecule has 3 aliphatic carbocycles. The topological polar surface area (TPSA) is 56.2 Å². The third-order valence-corrected chi connectivity index (χ3v) is 10.9. The van der Waals surface area contributed by atoms with Crippen LogP contribution in [-0.4, -0.2) is 70.5 Å². The quantitative estimate of drug-likeness (QED) is 0.433. The number of hydrogen-bond donors (Lipinski definition) is 2. The summed E-state index contributed by atoms with van der Waals surface area (Å²) >= 11 is 0. The summed E-state index contributed by atoms with van der Waals surface area (Å²) in [6.07, 6.45) is 12.2. The Morgan fingerprint density at radius 2 is 1.82 bits per heavy atom. The van der Waals surface area contributed by atoms with Gasteiger partial charge in [0.1, 0.15) is 6.10 Å². The molecule has 204 valence electrons. The summed E-state index contributed by atoms with van der Waals surface area (Å²) in [6, 6.07) is 15.2. The highest BCUT2D eigenvalue weighted by Gasteiger charge is 2.73. The largest absolute Gasteiger partial charge is 0.504 e. The second-order valence-corrected chi connectivity index (χ2v) is 13.0. The SMILES string of the molecule is CN(CCCCCCc1ccccc1)[C@@H]1CC[C@@]2(O)[C@H]3Cc4ccc(O)c5c4[C@@]2(CCN3CC2CC2)[C@H]1O5. The Hall–Kier alpha value is -2.08. The molecule has 2 N–H and O–H groups in total. The molecule has 0 unspecified atom stereocenters. The molecule has 2 bridgehead atoms. The third kappa shape index (κ3) is 3.83. The zero-order chi connectivity index (χ0) is 25.9. The maximum absolute atomic E-state index is 12.7. The fourth-order valence-electron chi connectivity index (χ4n) is 8.76. The summed E-state index contributed by atoms with van der Waals surface area (Å²) < 4.78 is 6.76. The van der Waals surface area contributed by atoms with E-state index in [-0.39, 0.29) is 23.9 Å². The number of likely N-dealkylation sites (tertiary alicyclic amines) is 1. The molecule has 7 rings (SSSR count). The van der Waals surface area contributed by atoms with E-state index in [0.717, 1.165) is 56.8 Å². The van der Waals surface area contributed by atoms with Crippen molar-refractivity contribution in [3.8, 4) is 11.5 Å². The van der Waals surface area contributed by atoms with Gasteiger partial charge in [-0.05, 0) is 101 Å². The highest BCUT2D eigenvalue weighted by atomic mass is 16.5. The van der Waals surface area contributed by atoms with Crippen LogP contribution in [-0.2, 0) is 18.3 Å². The maximum atomic E-state index is 12.7. The number of piperidine rings is 1. The van der Waals surface area contributed by atoms with Crippen LogP contribution < -0.4 is 4.74 Å². The third-order valence-electron chi connectivity index (χ3n) is 10.9. The normalized spacial score (nSPS) is 33.3. The van der Waals surface area contributed by atoms with Crippen molar-refractivity contribution in [2.75, 3.05) is 26.7 Å². The van der Waals surface area contributed by atoms with Crippen molar-refractivity contribution >= 4 is 0 Å². The molecule has 1 spiro atoms. The molecule has 5 atom stereocenters. The van der Waals surface area contributed by atoms with Crippen LogP contribution in [0.15, 0.2) is 42.5 Å². The van der Waals surface area contributed by atoms with Gasteiger partial charge >= 0.3 is 0 Å². The Kier molecular flexibility index (Phi) is 6.25. The lowest BCUT2D eigenvalue weighted by molar-refractivity contribution is -0.199. The van der Waals surface area contributed by atoms with Crippen LogP contribution in [0.3, 0.4) is 0 Å². The number of ether oxygens (including phenoxy) is 1. The lowest BCUT2D eigenvalue weighted by Gasteiger charge is -2.64. The first-order valence-corrected chi connectivity index (χ1v) is 15.2. The second kappa shape index (κ2) is 9.53. The number of aryl methyl sites for hydroxylation is 1. The van der Waals surface area contributed by atoms with Crippen LogP contribution in [0.5, 0.6) is 11.5 Å². The summed E-state index contributed by atoms with van der Waals surface area (Å²) in [4.78, 5) is 5.13. The van der Waals surface area contributed by atoms with E-state index in [2.05, 4.69) is 53.2 Å². The molecule has 0 aromatic heterocycles. The average Bonchev–Trinajstić information content (AvgIpc) is 3.67. The van der Waals surface area contributed by atoms with Crippen molar-refractivity contribution in [1.29, 1.82) is 0 Å². The minimum atomic E-state index is -0.786. The van der Waals surface area contributed by atoms with Crippen LogP contribution >= 0.6 is 0 Å². The van der Waals surface area contributed by atoms with E-state index in [4.69, 9.17) is 4.74 Å². The molecule has 5 heteroatoms. The lowest BCUT2D eigenvalue weighted by atomic mass is 9.48. The van der Waals surface area contributed by atoms with Crippen LogP contribution in [0, 0.1) is 5.92 Å². The number of hydrogen-bond acceptors (Lipinski definition) is 5. The summed E-state index contributed by atoms with van der Waals surface area (Å²) in [5.74, 6) is 1.73. The monoisotopic (exact) mass is 516 g/mol. The van der Waals surface area contributed by atoms with Gasteiger partial charge in [0.05, 0.1) is 11.0 Å². The van der Waals surface area contributed by atoms with Gasteiger partial charge in [-0.2, -0.15) is 0 Å². The van der Waals surface area contributed by atoms with Gasteiger partial charge in [-0.1, -0.05) is 49.2 Å². The molecule has 1 saturated heterocycles. The number of nitrogens with zero attached hydrogens (tertiary/aromatic N) is 2. The minimum absolute atomic E-state index is 0.0998. The molecule has 0 radical (unpaired) electrons. The lowest BCUT2D eigenvalue weighted by Crippen LogP contribution is -2.78. The Bertz CT molecular complexity index is 1170. The van der Waals surface area contributed by atoms with Gasteiger partial charge in [-0.15, -0.1) is 0 Å². The van der Waals surface area contributed by atoms with E-state index in [1.807, 2.05) is 6.07 Å². The highest BCUT2D eigenvalue weighted by molar-refractivity contribution is 5.62. The van der Waals surface area contributed by atoms with Crippen molar-refractivity contribution in [3.63, 3.8) is 0 Å². The molecule has 5 aliphatic rings. The van der Waals surface area contributed by atoms with Crippen LogP contribution in [0.2, 0.25) is 0 Å². The predicted octanol–water partition coefficient (Wildman–Crippen LogP) is 5.06. The summed E-state index contributed by atoms with van der Waals surface area (Å²) in [5.41, 5.74) is 2.68. The van der Waals surface area contributed by atoms with Gasteiger partial charge in [0.2, 0.25) is 0 Å². The van der Waals surface area contributed by atoms with Gasteiger partial charge in [-0.25, -0.2) is 0 Å². The van der Waals surface area contributed by atoms with E-state index in [0.29, 0.717) is 5.75 Å². The number of aromatic hydroxyl groups is 1. The number of benzene rings is 2. The molecular formula is C33H44N2O3. The Morgan fingerprint density at radius 1 is 1.00 bits per heavy atom. The molecule has 2 aromatic carbocycles. The van der Waals surface area contributed by atoms with Crippen LogP contribution in [0.4, 0.5) is 0 Å². The summed E-state index contributed by atoms with van der Waals surface area (Å²) in [5, 5.41) is 23.5. The van der Waals surface area contributed by atoms with E-state index in [1.165, 1.54) is 56.1 Å². The van der Waals surface area contributed by atoms with Crippen molar-refractivity contribution in [2.45, 2.75) is 99.8 Å². The fraction of sp³-hybridized carbons (Fsp3) is 0.636. The smallest absolute Gasteiger partial charge is 0.165 e. The van der Waals surface area contributed by atoms with Gasteiger partial charge in [-0.3, -0.25) is 9.80 Å². The van der Waals surface area contributed by atoms with Gasteiger partial charge < -0.3 is 14.9 Å². The number of aliphatic hydroxyl groups is 1. The van der Waals surface area contributed by atoms with E-state index in [9.17, 15) is 10.2 Å². The molecular weight excluding hydrogens is 472 g/mol. The molecule has 0 amide bonds. The maximum Gasteiger partial charge on any atom is 0.165 e. The predicted molar refractivity (Wildman–Crippen MR) is 150 cm³/mol. The van der Waals surface area contributed by atoms with Crippen LogP contribution in [0.1, 0.15) is 74.5 Å². The number of unbranched alkanes of at least 4 members (excludes halogenated alkanes) is 3. The highest BCUT2D eigenvalue weighted by Crippen LogP contribution is 2.66. The molecule has 3 fully saturated rings. The summed E-state index contributed by atoms with van der Waals surface area (Å²) in [6.45, 7) is 3.20. The Labute approximate surface area is 227 Å². The van der Waals surface area contributed by atoms with E-state index in [1.54, 1.807) is 0 Å². The Balaban J connectivity index is 1.07. The summed E-state index contributed by atoms with van der Waals surface area (Å²) in [7, 11) is 2.26. The molecule has 2 aliphatic heterocycles. The van der Waals surface area contributed by atoms with Crippen molar-refractivity contribution in [3.05, 3.63) is 59.2 Å². The molecule has 2 saturated carbocycles. The number of likely N-dealkylation sites (N-methyl/N-ethyl adjacent to an activating group) is 1. The zero-order valence-corrected chi connectivity index (χ0v) is 22.9. The van der Waals surface area contributed by atoms with Gasteiger partial charge in [0, 0.05) is 24.2 Å². The minimum Gasteiger partial charge on any atom is -0.504 e. The van der Waals surface area contributed by atoms with Gasteiger partial charge in [0.25, 0.3) is 0 Å². The van der Waals surface area contributed by atoms with E-state index >= 15 is 0 Å². The number of rotatable bonds is 10. The van der Waals surface area contributed by atoms with Crippen molar-refractivity contribution < 1.29 is 14.9 Å². The van der Waals surface area contributed by atoms with E-state index < -0.39 is 11.0 Å². The van der Waals surface area contributed by atoms with Crippen LogP contribution in [0.25, 0.3) is 0 Å². The second-order valence-electron chi connectivity index (χ2n) is 13.0. The molecule has 38 heavy (non-hydrogen) atoms. The van der Waals surface area contributed by atoms with Gasteiger partial charge in [0.15, 0.2) is 11.5 Å². The number of phenolic OH excluding ortho intramolecular Hbond substituents is 1.